The molecule has 39 heavy (non-hydrogen) atoms. The van der Waals surface area contributed by atoms with Gasteiger partial charge in [-0.1, -0.05) is 18.0 Å². The molecule has 0 saturated heterocycles. The van der Waals surface area contributed by atoms with Crippen LogP contribution in [0.3, 0.4) is 0 Å². The number of H-pyrrole nitrogens is 2. The SMILES string of the molecule is O=C(/C=C/c1cc(Cl)ccc1-n1cnnn1)N[C@H]1CCCCC(=O)Nc2cc3[nH]ncc3cc2-c2c[nH]c1n2. The molecule has 6 rings (SSSR count). The van der Waals surface area contributed by atoms with Gasteiger partial charge in [-0.3, -0.25) is 14.7 Å². The average Bonchev–Trinajstić information content (AvgIpc) is 3.70. The molecule has 0 saturated carbocycles. The largest absolute Gasteiger partial charge is 0.346 e. The highest BCUT2D eigenvalue weighted by atomic mass is 35.5. The molecule has 5 aromatic rings. The summed E-state index contributed by atoms with van der Waals surface area (Å²) < 4.78 is 1.50. The molecule has 0 aliphatic carbocycles. The predicted molar refractivity (Wildman–Crippen MR) is 145 cm³/mol. The Bertz CT molecular complexity index is 1690. The first-order chi connectivity index (χ1) is 19.0. The van der Waals surface area contributed by atoms with Crippen molar-refractivity contribution in [2.24, 2.45) is 0 Å². The standard InChI is InChI=1S/C26H23ClN10O2/c27-17-6-7-23(37-14-30-35-36-37)15(9-17)5-8-25(39)31-19-3-1-2-4-24(38)32-21-11-20-16(12-29-34-20)10-18(21)22-13-28-26(19)33-22/h5-14,19H,1-4H2,(H,28,33)(H,29,34)(H,31,39)(H,32,38)/b8-5+/t19-/m0/s1. The van der Waals surface area contributed by atoms with Gasteiger partial charge in [-0.15, -0.1) is 5.10 Å². The first-order valence-corrected chi connectivity index (χ1v) is 12.8. The number of aromatic amines is 2. The van der Waals surface area contributed by atoms with Crippen LogP contribution in [-0.4, -0.2) is 52.2 Å². The third-order valence-electron chi connectivity index (χ3n) is 6.52. The first-order valence-electron chi connectivity index (χ1n) is 12.4. The summed E-state index contributed by atoms with van der Waals surface area (Å²) in [6.45, 7) is 0. The highest BCUT2D eigenvalue weighted by molar-refractivity contribution is 6.30. The molecule has 0 spiro atoms. The third kappa shape index (κ3) is 5.27. The Balaban J connectivity index is 1.27. The van der Waals surface area contributed by atoms with E-state index in [0.29, 0.717) is 52.7 Å². The van der Waals surface area contributed by atoms with Crippen LogP contribution >= 0.6 is 11.6 Å². The van der Waals surface area contributed by atoms with E-state index >= 15 is 0 Å². The minimum absolute atomic E-state index is 0.0742. The lowest BCUT2D eigenvalue weighted by Crippen LogP contribution is -2.28. The van der Waals surface area contributed by atoms with Crippen molar-refractivity contribution in [2.45, 2.75) is 31.7 Å². The molecule has 2 bridgehead atoms. The lowest BCUT2D eigenvalue weighted by molar-refractivity contribution is -0.118. The van der Waals surface area contributed by atoms with Crippen LogP contribution in [0.15, 0.2) is 55.1 Å². The normalized spacial score (nSPS) is 15.9. The lowest BCUT2D eigenvalue weighted by atomic mass is 10.0. The summed E-state index contributed by atoms with van der Waals surface area (Å²) in [5, 5.41) is 25.8. The van der Waals surface area contributed by atoms with Gasteiger partial charge in [-0.25, -0.2) is 4.98 Å². The molecule has 2 amide bonds. The molecule has 1 aliphatic rings. The van der Waals surface area contributed by atoms with E-state index in [1.165, 1.54) is 17.1 Å². The number of aromatic nitrogens is 8. The molecule has 2 aromatic carbocycles. The van der Waals surface area contributed by atoms with Gasteiger partial charge in [0.1, 0.15) is 12.2 Å². The molecule has 4 heterocycles. The monoisotopic (exact) mass is 542 g/mol. The zero-order valence-electron chi connectivity index (χ0n) is 20.6. The molecule has 1 atom stereocenters. The first kappa shape index (κ1) is 24.5. The van der Waals surface area contributed by atoms with E-state index in [1.807, 2.05) is 12.1 Å². The number of imidazole rings is 1. The maximum Gasteiger partial charge on any atom is 0.244 e. The molecule has 12 nitrogen and oxygen atoms in total. The Hall–Kier alpha value is -4.84. The number of tetrazole rings is 1. The summed E-state index contributed by atoms with van der Waals surface area (Å²) in [4.78, 5) is 33.7. The van der Waals surface area contributed by atoms with Crippen molar-refractivity contribution < 1.29 is 9.59 Å². The zero-order valence-corrected chi connectivity index (χ0v) is 21.3. The van der Waals surface area contributed by atoms with Gasteiger partial charge in [0.05, 0.1) is 34.8 Å². The second-order valence-electron chi connectivity index (χ2n) is 9.17. The summed E-state index contributed by atoms with van der Waals surface area (Å²) in [7, 11) is 0. The third-order valence-corrected chi connectivity index (χ3v) is 6.75. The number of nitrogens with one attached hydrogen (secondary N) is 4. The smallest absolute Gasteiger partial charge is 0.244 e. The maximum atomic E-state index is 13.0. The number of nitrogens with zero attached hydrogens (tertiary/aromatic N) is 6. The summed E-state index contributed by atoms with van der Waals surface area (Å²) in [6, 6.07) is 8.65. The second-order valence-corrected chi connectivity index (χ2v) is 9.61. The van der Waals surface area contributed by atoms with Crippen molar-refractivity contribution in [1.29, 1.82) is 0 Å². The van der Waals surface area contributed by atoms with Crippen molar-refractivity contribution in [2.75, 3.05) is 5.32 Å². The lowest BCUT2D eigenvalue weighted by Gasteiger charge is -2.17. The quantitative estimate of drug-likeness (QED) is 0.250. The molecule has 0 fully saturated rings. The number of hydrogen-bond donors (Lipinski definition) is 4. The number of hydrogen-bond acceptors (Lipinski definition) is 7. The molecule has 13 heteroatoms. The summed E-state index contributed by atoms with van der Waals surface area (Å²) >= 11 is 6.19. The number of anilines is 1. The van der Waals surface area contributed by atoms with Gasteiger partial charge in [0.15, 0.2) is 0 Å². The van der Waals surface area contributed by atoms with Crippen LogP contribution < -0.4 is 10.6 Å². The van der Waals surface area contributed by atoms with E-state index in [1.54, 1.807) is 36.7 Å². The van der Waals surface area contributed by atoms with Gasteiger partial charge in [0.2, 0.25) is 11.8 Å². The fourth-order valence-electron chi connectivity index (χ4n) is 4.61. The number of fused-ring (bicyclic) bond motifs is 5. The van der Waals surface area contributed by atoms with Crippen molar-refractivity contribution in [1.82, 2.24) is 45.7 Å². The highest BCUT2D eigenvalue weighted by Gasteiger charge is 2.21. The van der Waals surface area contributed by atoms with Crippen LogP contribution in [0.5, 0.6) is 0 Å². The van der Waals surface area contributed by atoms with Crippen molar-refractivity contribution in [3.63, 3.8) is 0 Å². The van der Waals surface area contributed by atoms with Crippen molar-refractivity contribution in [3.05, 3.63) is 71.5 Å². The Labute approximate surface area is 226 Å². The Morgan fingerprint density at radius 1 is 1.21 bits per heavy atom. The van der Waals surface area contributed by atoms with Gasteiger partial charge in [0, 0.05) is 40.2 Å². The van der Waals surface area contributed by atoms with E-state index < -0.39 is 0 Å². The van der Waals surface area contributed by atoms with E-state index in [2.05, 4.69) is 41.3 Å². The number of carbonyl (C=O) groups excluding carboxylic acids is 2. The summed E-state index contributed by atoms with van der Waals surface area (Å²) in [5.74, 6) is 0.259. The van der Waals surface area contributed by atoms with Crippen LogP contribution in [0.1, 0.15) is 43.1 Å². The second kappa shape index (κ2) is 10.5. The fourth-order valence-corrected chi connectivity index (χ4v) is 4.79. The van der Waals surface area contributed by atoms with Crippen LogP contribution in [0.4, 0.5) is 5.69 Å². The van der Waals surface area contributed by atoms with Crippen LogP contribution in [0, 0.1) is 0 Å². The van der Waals surface area contributed by atoms with Crippen LogP contribution in [0.2, 0.25) is 5.02 Å². The molecule has 3 aromatic heterocycles. The van der Waals surface area contributed by atoms with Crippen LogP contribution in [-0.2, 0) is 9.59 Å². The molecular formula is C26H23ClN10O2. The number of benzene rings is 2. The molecule has 4 N–H and O–H groups in total. The molecule has 0 unspecified atom stereocenters. The fraction of sp³-hybridized carbons (Fsp3) is 0.192. The van der Waals surface area contributed by atoms with Crippen molar-refractivity contribution >= 4 is 46.1 Å². The van der Waals surface area contributed by atoms with Gasteiger partial charge >= 0.3 is 0 Å². The highest BCUT2D eigenvalue weighted by Crippen LogP contribution is 2.33. The Kier molecular flexibility index (Phi) is 6.59. The topological polar surface area (TPSA) is 159 Å². The van der Waals surface area contributed by atoms with Gasteiger partial charge in [-0.05, 0) is 59.7 Å². The minimum atomic E-state index is -0.377. The molecule has 0 radical (unpaired) electrons. The van der Waals surface area contributed by atoms with Crippen LogP contribution in [0.25, 0.3) is 33.9 Å². The Morgan fingerprint density at radius 3 is 3.00 bits per heavy atom. The Morgan fingerprint density at radius 2 is 2.13 bits per heavy atom. The minimum Gasteiger partial charge on any atom is -0.346 e. The maximum absolute atomic E-state index is 13.0. The summed E-state index contributed by atoms with van der Waals surface area (Å²) in [5.41, 5.74) is 4.25. The van der Waals surface area contributed by atoms with Crippen molar-refractivity contribution in [3.8, 4) is 16.9 Å². The molecule has 1 aliphatic heterocycles. The number of carbonyl (C=O) groups is 2. The van der Waals surface area contributed by atoms with Gasteiger partial charge in [0.25, 0.3) is 0 Å². The number of amides is 2. The average molecular weight is 543 g/mol. The molecular weight excluding hydrogens is 520 g/mol. The molecule has 196 valence electrons. The van der Waals surface area contributed by atoms with Gasteiger partial charge < -0.3 is 15.6 Å². The van der Waals surface area contributed by atoms with E-state index in [-0.39, 0.29) is 17.9 Å². The number of rotatable bonds is 4. The van der Waals surface area contributed by atoms with E-state index in [9.17, 15) is 9.59 Å². The van der Waals surface area contributed by atoms with E-state index in [0.717, 1.165) is 22.9 Å². The number of halogens is 1. The van der Waals surface area contributed by atoms with Gasteiger partial charge in [-0.2, -0.15) is 9.78 Å². The zero-order chi connectivity index (χ0) is 26.8. The predicted octanol–water partition coefficient (Wildman–Crippen LogP) is 3.97. The summed E-state index contributed by atoms with van der Waals surface area (Å²) in [6.07, 6.45) is 10.5. The van der Waals surface area contributed by atoms with E-state index in [4.69, 9.17) is 16.6 Å².